The number of hydrogen-bond donors (Lipinski definition) is 1. The fourth-order valence-corrected chi connectivity index (χ4v) is 1.34. The summed E-state index contributed by atoms with van der Waals surface area (Å²) in [6.07, 6.45) is -4.05. The monoisotopic (exact) mass is 272 g/mol. The summed E-state index contributed by atoms with van der Waals surface area (Å²) >= 11 is 0. The lowest BCUT2D eigenvalue weighted by Gasteiger charge is -2.08. The Morgan fingerprint density at radius 1 is 1.42 bits per heavy atom. The van der Waals surface area contributed by atoms with Crippen LogP contribution >= 0.6 is 0 Å². The fourth-order valence-electron chi connectivity index (χ4n) is 1.34. The zero-order chi connectivity index (χ0) is 14.3. The third kappa shape index (κ3) is 4.89. The molecule has 0 saturated heterocycles. The van der Waals surface area contributed by atoms with Gasteiger partial charge in [-0.05, 0) is 30.2 Å². The van der Waals surface area contributed by atoms with Crippen LogP contribution in [-0.4, -0.2) is 19.0 Å². The van der Waals surface area contributed by atoms with Gasteiger partial charge >= 0.3 is 6.18 Å². The standard InChI is InChI=1S/C11H11F3N4O/c12-11(13,14)9-4-1-3-8(7-9)10(19)16-5-2-6-17-18-15/h1,3-4,7H,2,5-6H2,(H,16,19). The molecule has 1 N–H and O–H groups in total. The minimum atomic E-state index is -4.47. The van der Waals surface area contributed by atoms with Gasteiger partial charge in [0.2, 0.25) is 0 Å². The second-order valence-electron chi connectivity index (χ2n) is 3.64. The largest absolute Gasteiger partial charge is 0.416 e. The van der Waals surface area contributed by atoms with Gasteiger partial charge in [-0.25, -0.2) is 0 Å². The first-order valence-electron chi connectivity index (χ1n) is 5.41. The summed E-state index contributed by atoms with van der Waals surface area (Å²) in [5.41, 5.74) is 7.10. The summed E-state index contributed by atoms with van der Waals surface area (Å²) in [5.74, 6) is -0.591. The van der Waals surface area contributed by atoms with Gasteiger partial charge < -0.3 is 5.32 Å². The van der Waals surface area contributed by atoms with Crippen molar-refractivity contribution in [3.63, 3.8) is 0 Å². The molecule has 0 aliphatic heterocycles. The highest BCUT2D eigenvalue weighted by Gasteiger charge is 2.30. The molecule has 0 spiro atoms. The molecule has 1 rings (SSSR count). The second-order valence-corrected chi connectivity index (χ2v) is 3.64. The van der Waals surface area contributed by atoms with E-state index in [1.54, 1.807) is 0 Å². The molecular weight excluding hydrogens is 261 g/mol. The Morgan fingerprint density at radius 2 is 2.16 bits per heavy atom. The normalized spacial score (nSPS) is 10.7. The predicted molar refractivity (Wildman–Crippen MR) is 62.4 cm³/mol. The van der Waals surface area contributed by atoms with Crippen LogP contribution in [0.5, 0.6) is 0 Å². The number of alkyl halides is 3. The number of hydrogen-bond acceptors (Lipinski definition) is 2. The van der Waals surface area contributed by atoms with Gasteiger partial charge in [-0.2, -0.15) is 13.2 Å². The van der Waals surface area contributed by atoms with E-state index in [2.05, 4.69) is 15.3 Å². The van der Waals surface area contributed by atoms with Gasteiger partial charge in [0.05, 0.1) is 5.56 Å². The Labute approximate surface area is 107 Å². The van der Waals surface area contributed by atoms with E-state index in [1.807, 2.05) is 0 Å². The third-order valence-electron chi connectivity index (χ3n) is 2.24. The number of benzene rings is 1. The summed E-state index contributed by atoms with van der Waals surface area (Å²) in [5, 5.41) is 5.72. The molecule has 0 unspecified atom stereocenters. The SMILES string of the molecule is [N-]=[N+]=NCCCNC(=O)c1cccc(C(F)(F)F)c1. The van der Waals surface area contributed by atoms with Crippen LogP contribution in [0.3, 0.4) is 0 Å². The van der Waals surface area contributed by atoms with Crippen molar-refractivity contribution < 1.29 is 18.0 Å². The van der Waals surface area contributed by atoms with Crippen molar-refractivity contribution >= 4 is 5.91 Å². The molecule has 1 aromatic rings. The lowest BCUT2D eigenvalue weighted by atomic mass is 10.1. The minimum Gasteiger partial charge on any atom is -0.352 e. The molecule has 0 saturated carbocycles. The van der Waals surface area contributed by atoms with E-state index < -0.39 is 17.6 Å². The van der Waals surface area contributed by atoms with Gasteiger partial charge in [-0.3, -0.25) is 4.79 Å². The average molecular weight is 272 g/mol. The van der Waals surface area contributed by atoms with E-state index in [-0.39, 0.29) is 18.7 Å². The van der Waals surface area contributed by atoms with Crippen molar-refractivity contribution in [2.24, 2.45) is 5.11 Å². The number of azide groups is 1. The molecule has 8 heteroatoms. The Balaban J connectivity index is 2.60. The van der Waals surface area contributed by atoms with Crippen LogP contribution in [0.4, 0.5) is 13.2 Å². The maximum Gasteiger partial charge on any atom is 0.416 e. The number of carbonyl (C=O) groups excluding carboxylic acids is 1. The van der Waals surface area contributed by atoms with Crippen molar-refractivity contribution in [1.29, 1.82) is 0 Å². The number of carbonyl (C=O) groups is 1. The van der Waals surface area contributed by atoms with Crippen LogP contribution in [0.2, 0.25) is 0 Å². The number of amides is 1. The molecule has 0 heterocycles. The average Bonchev–Trinajstić information content (AvgIpc) is 2.37. The summed E-state index contributed by atoms with van der Waals surface area (Å²) in [6.45, 7) is 0.452. The first kappa shape index (κ1) is 14.8. The molecule has 0 aliphatic carbocycles. The van der Waals surface area contributed by atoms with Gasteiger partial charge in [0.1, 0.15) is 0 Å². The van der Waals surface area contributed by atoms with Crippen LogP contribution in [0.1, 0.15) is 22.3 Å². The van der Waals surface area contributed by atoms with Crippen molar-refractivity contribution in [3.8, 4) is 0 Å². The molecule has 0 aliphatic rings. The van der Waals surface area contributed by atoms with E-state index in [1.165, 1.54) is 12.1 Å². The number of halogens is 3. The molecule has 0 atom stereocenters. The highest BCUT2D eigenvalue weighted by Crippen LogP contribution is 2.29. The van der Waals surface area contributed by atoms with Crippen LogP contribution in [-0.2, 0) is 6.18 Å². The van der Waals surface area contributed by atoms with Crippen LogP contribution in [0, 0.1) is 0 Å². The molecule has 1 aromatic carbocycles. The van der Waals surface area contributed by atoms with Crippen LogP contribution in [0.15, 0.2) is 29.4 Å². The molecule has 0 fully saturated rings. The number of nitrogens with one attached hydrogen (secondary N) is 1. The van der Waals surface area contributed by atoms with E-state index in [4.69, 9.17) is 5.53 Å². The van der Waals surface area contributed by atoms with Gasteiger partial charge in [0.15, 0.2) is 0 Å². The molecule has 5 nitrogen and oxygen atoms in total. The van der Waals surface area contributed by atoms with Gasteiger partial charge in [-0.1, -0.05) is 11.2 Å². The third-order valence-corrected chi connectivity index (χ3v) is 2.24. The van der Waals surface area contributed by atoms with E-state index in [0.717, 1.165) is 12.1 Å². The molecule has 102 valence electrons. The van der Waals surface area contributed by atoms with Crippen LogP contribution in [0.25, 0.3) is 10.4 Å². The smallest absolute Gasteiger partial charge is 0.352 e. The summed E-state index contributed by atoms with van der Waals surface area (Å²) in [6, 6.07) is 4.18. The first-order valence-corrected chi connectivity index (χ1v) is 5.41. The van der Waals surface area contributed by atoms with Gasteiger partial charge in [0.25, 0.3) is 5.91 Å². The Bertz CT molecular complexity index is 495. The lowest BCUT2D eigenvalue weighted by Crippen LogP contribution is -2.25. The maximum atomic E-state index is 12.4. The second kappa shape index (κ2) is 6.65. The first-order chi connectivity index (χ1) is 8.95. The highest BCUT2D eigenvalue weighted by atomic mass is 19.4. The lowest BCUT2D eigenvalue weighted by molar-refractivity contribution is -0.137. The Morgan fingerprint density at radius 3 is 2.79 bits per heavy atom. The van der Waals surface area contributed by atoms with E-state index >= 15 is 0 Å². The molecule has 0 radical (unpaired) electrons. The summed E-state index contributed by atoms with van der Waals surface area (Å²) in [7, 11) is 0. The summed E-state index contributed by atoms with van der Waals surface area (Å²) < 4.78 is 37.3. The molecule has 0 bridgehead atoms. The highest BCUT2D eigenvalue weighted by molar-refractivity contribution is 5.94. The van der Waals surface area contributed by atoms with Crippen molar-refractivity contribution in [2.75, 3.05) is 13.1 Å². The van der Waals surface area contributed by atoms with Crippen molar-refractivity contribution in [1.82, 2.24) is 5.32 Å². The molecule has 0 aromatic heterocycles. The predicted octanol–water partition coefficient (Wildman–Crippen LogP) is 3.14. The van der Waals surface area contributed by atoms with Crippen molar-refractivity contribution in [3.05, 3.63) is 45.8 Å². The Kier molecular flexibility index (Phi) is 5.20. The quantitative estimate of drug-likeness (QED) is 0.380. The van der Waals surface area contributed by atoms with Gasteiger partial charge in [0, 0.05) is 23.6 Å². The number of rotatable bonds is 5. The summed E-state index contributed by atoms with van der Waals surface area (Å²) in [4.78, 5) is 14.1. The fraction of sp³-hybridized carbons (Fsp3) is 0.364. The molecular formula is C11H11F3N4O. The van der Waals surface area contributed by atoms with Gasteiger partial charge in [-0.15, -0.1) is 0 Å². The zero-order valence-corrected chi connectivity index (χ0v) is 9.81. The number of nitrogens with zero attached hydrogens (tertiary/aromatic N) is 3. The van der Waals surface area contributed by atoms with Crippen molar-refractivity contribution in [2.45, 2.75) is 12.6 Å². The Hall–Kier alpha value is -2.21. The zero-order valence-electron chi connectivity index (χ0n) is 9.81. The maximum absolute atomic E-state index is 12.4. The van der Waals surface area contributed by atoms with Crippen LogP contribution < -0.4 is 5.32 Å². The van der Waals surface area contributed by atoms with E-state index in [9.17, 15) is 18.0 Å². The molecule has 1 amide bonds. The molecule has 19 heavy (non-hydrogen) atoms. The van der Waals surface area contributed by atoms with E-state index in [0.29, 0.717) is 6.42 Å². The minimum absolute atomic E-state index is 0.0568. The topological polar surface area (TPSA) is 77.9 Å².